The molecule has 0 bridgehead atoms. The molecule has 1 amide bonds. The summed E-state index contributed by atoms with van der Waals surface area (Å²) in [5, 5.41) is 15.5. The molecule has 4 rings (SSSR count). The number of hydroxylamine groups is 1. The number of alkyl halides is 1. The van der Waals surface area contributed by atoms with E-state index in [9.17, 15) is 14.3 Å². The van der Waals surface area contributed by atoms with Crippen molar-refractivity contribution in [3.05, 3.63) is 0 Å². The highest BCUT2D eigenvalue weighted by Crippen LogP contribution is 2.39. The molecule has 2 heterocycles. The normalized spacial score (nSPS) is 40.3. The molecule has 26 heavy (non-hydrogen) atoms. The van der Waals surface area contributed by atoms with E-state index in [1.54, 1.807) is 0 Å². The van der Waals surface area contributed by atoms with Gasteiger partial charge in [-0.25, -0.2) is 9.40 Å². The van der Waals surface area contributed by atoms with E-state index in [1.165, 1.54) is 0 Å². The molecule has 7 nitrogen and oxygen atoms in total. The Morgan fingerprint density at radius 2 is 2.15 bits per heavy atom. The molecular formula is C18H31FN4O3. The molecule has 148 valence electrons. The van der Waals surface area contributed by atoms with E-state index < -0.39 is 17.8 Å². The summed E-state index contributed by atoms with van der Waals surface area (Å²) in [4.78, 5) is 18.0. The maximum absolute atomic E-state index is 13.5. The smallest absolute Gasteiger partial charge is 0.239 e. The van der Waals surface area contributed by atoms with Gasteiger partial charge in [-0.05, 0) is 44.4 Å². The van der Waals surface area contributed by atoms with Crippen LogP contribution in [-0.4, -0.2) is 65.6 Å². The van der Waals surface area contributed by atoms with Crippen molar-refractivity contribution >= 4 is 5.91 Å². The summed E-state index contributed by atoms with van der Waals surface area (Å²) in [7, 11) is 0. The Morgan fingerprint density at radius 1 is 1.31 bits per heavy atom. The third-order valence-corrected chi connectivity index (χ3v) is 6.48. The predicted molar refractivity (Wildman–Crippen MR) is 93.6 cm³/mol. The Morgan fingerprint density at radius 3 is 2.88 bits per heavy atom. The molecule has 2 aliphatic heterocycles. The van der Waals surface area contributed by atoms with E-state index in [2.05, 4.69) is 21.2 Å². The number of hydrazine groups is 1. The second kappa shape index (κ2) is 7.67. The zero-order valence-corrected chi connectivity index (χ0v) is 15.3. The highest BCUT2D eigenvalue weighted by molar-refractivity contribution is 5.82. The lowest BCUT2D eigenvalue weighted by atomic mass is 9.75. The van der Waals surface area contributed by atoms with Crippen LogP contribution in [0.15, 0.2) is 0 Å². The molecule has 2 aliphatic carbocycles. The Kier molecular flexibility index (Phi) is 5.48. The minimum atomic E-state index is -0.762. The van der Waals surface area contributed by atoms with Crippen molar-refractivity contribution in [1.29, 1.82) is 0 Å². The Bertz CT molecular complexity index is 519. The van der Waals surface area contributed by atoms with Crippen molar-refractivity contribution in [3.63, 3.8) is 0 Å². The van der Waals surface area contributed by atoms with Gasteiger partial charge in [0.2, 0.25) is 5.91 Å². The number of rotatable bonds is 5. The van der Waals surface area contributed by atoms with Gasteiger partial charge in [-0.15, -0.1) is 0 Å². The minimum Gasteiger partial charge on any atom is -0.387 e. The van der Waals surface area contributed by atoms with E-state index >= 15 is 0 Å². The molecule has 2 saturated heterocycles. The lowest BCUT2D eigenvalue weighted by Crippen LogP contribution is -2.49. The molecule has 4 aliphatic rings. The highest BCUT2D eigenvalue weighted by Gasteiger charge is 2.48. The van der Waals surface area contributed by atoms with Gasteiger partial charge in [0.05, 0.1) is 11.6 Å². The standard InChI is InChI=1S/C18H31FN4O3/c19-13-4-1-3-12(7-13)10-23-11-14(9-20-23)21-17(24)15-8-16(26-22-15)18(25)5-2-6-18/h12-16,20,22,25H,1-11H2,(H,21,24). The molecular weight excluding hydrogens is 339 g/mol. The van der Waals surface area contributed by atoms with Gasteiger partial charge >= 0.3 is 0 Å². The number of carbonyl (C=O) groups is 1. The lowest BCUT2D eigenvalue weighted by Gasteiger charge is -2.40. The van der Waals surface area contributed by atoms with Crippen LogP contribution < -0.4 is 16.2 Å². The molecule has 4 fully saturated rings. The van der Waals surface area contributed by atoms with Crippen molar-refractivity contribution in [2.45, 2.75) is 81.3 Å². The third-order valence-electron chi connectivity index (χ3n) is 6.48. The van der Waals surface area contributed by atoms with Gasteiger partial charge in [-0.2, -0.15) is 5.48 Å². The first-order valence-electron chi connectivity index (χ1n) is 10.1. The lowest BCUT2D eigenvalue weighted by molar-refractivity contribution is -0.150. The quantitative estimate of drug-likeness (QED) is 0.561. The number of amides is 1. The van der Waals surface area contributed by atoms with Crippen molar-refractivity contribution < 1.29 is 19.1 Å². The van der Waals surface area contributed by atoms with Crippen molar-refractivity contribution in [3.8, 4) is 0 Å². The van der Waals surface area contributed by atoms with Gasteiger partial charge in [0.25, 0.3) is 0 Å². The fourth-order valence-electron chi connectivity index (χ4n) is 4.70. The first-order valence-corrected chi connectivity index (χ1v) is 10.1. The van der Waals surface area contributed by atoms with E-state index in [-0.39, 0.29) is 18.1 Å². The van der Waals surface area contributed by atoms with Crippen LogP contribution in [0.4, 0.5) is 4.39 Å². The summed E-state index contributed by atoms with van der Waals surface area (Å²) in [5.74, 6) is 0.320. The van der Waals surface area contributed by atoms with Gasteiger partial charge in [-0.3, -0.25) is 15.1 Å². The molecule has 0 aromatic carbocycles. The van der Waals surface area contributed by atoms with Crippen LogP contribution >= 0.6 is 0 Å². The summed E-state index contributed by atoms with van der Waals surface area (Å²) in [6, 6.07) is -0.371. The number of hydrogen-bond donors (Lipinski definition) is 4. The molecule has 5 unspecified atom stereocenters. The van der Waals surface area contributed by atoms with Crippen LogP contribution in [-0.2, 0) is 9.63 Å². The Labute approximate surface area is 153 Å². The molecule has 2 saturated carbocycles. The first-order chi connectivity index (χ1) is 12.5. The number of carbonyl (C=O) groups excluding carboxylic acids is 1. The van der Waals surface area contributed by atoms with Gasteiger partial charge in [0.1, 0.15) is 18.3 Å². The minimum absolute atomic E-state index is 0.0416. The number of hydrogen-bond acceptors (Lipinski definition) is 6. The van der Waals surface area contributed by atoms with Crippen LogP contribution in [0.5, 0.6) is 0 Å². The molecule has 8 heteroatoms. The van der Waals surface area contributed by atoms with E-state index in [1.807, 2.05) is 0 Å². The zero-order valence-electron chi connectivity index (χ0n) is 15.3. The van der Waals surface area contributed by atoms with Crippen LogP contribution in [0.1, 0.15) is 51.4 Å². The fraction of sp³-hybridized carbons (Fsp3) is 0.944. The van der Waals surface area contributed by atoms with E-state index in [0.29, 0.717) is 31.7 Å². The number of nitrogens with one attached hydrogen (secondary N) is 3. The summed E-state index contributed by atoms with van der Waals surface area (Å²) in [6.07, 6.45) is 5.48. The van der Waals surface area contributed by atoms with Gasteiger partial charge < -0.3 is 10.4 Å². The van der Waals surface area contributed by atoms with Crippen LogP contribution in [0.25, 0.3) is 0 Å². The zero-order chi connectivity index (χ0) is 18.1. The molecule has 5 atom stereocenters. The number of aliphatic hydroxyl groups is 1. The first kappa shape index (κ1) is 18.6. The predicted octanol–water partition coefficient (Wildman–Crippen LogP) is 0.397. The molecule has 0 aromatic heterocycles. The molecule has 4 N–H and O–H groups in total. The maximum atomic E-state index is 13.5. The van der Waals surface area contributed by atoms with Gasteiger partial charge in [-0.1, -0.05) is 6.42 Å². The van der Waals surface area contributed by atoms with Crippen molar-refractivity contribution in [2.75, 3.05) is 19.6 Å². The number of halogens is 1. The summed E-state index contributed by atoms with van der Waals surface area (Å²) >= 11 is 0. The van der Waals surface area contributed by atoms with E-state index in [4.69, 9.17) is 4.84 Å². The SMILES string of the molecule is O=C(NC1CNN(CC2CCCC(F)C2)C1)C1CC(C2(O)CCC2)ON1. The maximum Gasteiger partial charge on any atom is 0.239 e. The topological polar surface area (TPSA) is 85.9 Å². The number of nitrogens with zero attached hydrogens (tertiary/aromatic N) is 1. The average Bonchev–Trinajstić information content (AvgIpc) is 3.22. The van der Waals surface area contributed by atoms with Gasteiger partial charge in [0.15, 0.2) is 0 Å². The van der Waals surface area contributed by atoms with Crippen LogP contribution in [0.2, 0.25) is 0 Å². The van der Waals surface area contributed by atoms with E-state index in [0.717, 1.165) is 45.2 Å². The Balaban J connectivity index is 1.19. The largest absolute Gasteiger partial charge is 0.387 e. The van der Waals surface area contributed by atoms with Gasteiger partial charge in [0, 0.05) is 26.1 Å². The fourth-order valence-corrected chi connectivity index (χ4v) is 4.70. The molecule has 0 aromatic rings. The summed E-state index contributed by atoms with van der Waals surface area (Å²) in [5.41, 5.74) is 5.35. The van der Waals surface area contributed by atoms with Crippen LogP contribution in [0.3, 0.4) is 0 Å². The molecule has 0 radical (unpaired) electrons. The Hall–Kier alpha value is -0.800. The highest BCUT2D eigenvalue weighted by atomic mass is 19.1. The second-order valence-electron chi connectivity index (χ2n) is 8.57. The summed E-state index contributed by atoms with van der Waals surface area (Å²) < 4.78 is 13.5. The molecule has 0 spiro atoms. The third kappa shape index (κ3) is 4.04. The second-order valence-corrected chi connectivity index (χ2v) is 8.57. The van der Waals surface area contributed by atoms with Crippen LogP contribution in [0, 0.1) is 5.92 Å². The summed E-state index contributed by atoms with van der Waals surface area (Å²) in [6.45, 7) is 2.27. The monoisotopic (exact) mass is 370 g/mol. The van der Waals surface area contributed by atoms with Crippen molar-refractivity contribution in [1.82, 2.24) is 21.2 Å². The average molecular weight is 370 g/mol. The van der Waals surface area contributed by atoms with Crippen molar-refractivity contribution in [2.24, 2.45) is 5.92 Å².